The van der Waals surface area contributed by atoms with Crippen LogP contribution >= 0.6 is 0 Å². The summed E-state index contributed by atoms with van der Waals surface area (Å²) < 4.78 is 60.8. The Labute approximate surface area is 173 Å². The van der Waals surface area contributed by atoms with Crippen LogP contribution in [0.4, 0.5) is 8.78 Å². The number of aliphatic imine (C=N–C) groups is 1. The number of para-hydroxylation sites is 1. The summed E-state index contributed by atoms with van der Waals surface area (Å²) in [6.07, 6.45) is 2.59. The van der Waals surface area contributed by atoms with E-state index in [-0.39, 0.29) is 27.6 Å². The summed E-state index contributed by atoms with van der Waals surface area (Å²) in [5, 5.41) is 0. The minimum Gasteiger partial charge on any atom is -0.495 e. The Bertz CT molecular complexity index is 1120. The summed E-state index contributed by atoms with van der Waals surface area (Å²) in [5.74, 6) is -3.04. The molecule has 3 rings (SSSR count). The van der Waals surface area contributed by atoms with Crippen molar-refractivity contribution in [1.82, 2.24) is 4.72 Å². The maximum atomic E-state index is 14.3. The quantitative estimate of drug-likeness (QED) is 0.722. The topological polar surface area (TPSA) is 84.8 Å². The molecule has 0 aliphatic carbocycles. The van der Waals surface area contributed by atoms with Crippen LogP contribution in [0.5, 0.6) is 5.75 Å². The van der Waals surface area contributed by atoms with Gasteiger partial charge in [-0.15, -0.1) is 0 Å². The highest BCUT2D eigenvalue weighted by Gasteiger charge is 2.31. The minimum absolute atomic E-state index is 0.0623. The number of hydrogen-bond acceptors (Lipinski definition) is 5. The summed E-state index contributed by atoms with van der Waals surface area (Å²) >= 11 is 0. The lowest BCUT2D eigenvalue weighted by Crippen LogP contribution is -2.31. The lowest BCUT2D eigenvalue weighted by molar-refractivity contribution is -0.115. The third-order valence-corrected chi connectivity index (χ3v) is 5.96. The summed E-state index contributed by atoms with van der Waals surface area (Å²) in [7, 11) is -2.94. The Morgan fingerprint density at radius 1 is 1.13 bits per heavy atom. The highest BCUT2D eigenvalue weighted by molar-refractivity contribution is 7.90. The van der Waals surface area contributed by atoms with Gasteiger partial charge in [0.1, 0.15) is 28.0 Å². The van der Waals surface area contributed by atoms with E-state index in [1.54, 1.807) is 6.07 Å². The van der Waals surface area contributed by atoms with Crippen LogP contribution in [-0.4, -0.2) is 27.1 Å². The first-order valence-corrected chi connectivity index (χ1v) is 10.7. The van der Waals surface area contributed by atoms with Gasteiger partial charge in [-0.3, -0.25) is 4.79 Å². The predicted molar refractivity (Wildman–Crippen MR) is 108 cm³/mol. The number of carbonyl (C=O) groups is 1. The van der Waals surface area contributed by atoms with Crippen LogP contribution in [0.25, 0.3) is 0 Å². The van der Waals surface area contributed by atoms with Crippen molar-refractivity contribution < 1.29 is 26.7 Å². The summed E-state index contributed by atoms with van der Waals surface area (Å²) in [4.78, 5) is 16.5. The molecule has 1 atom stereocenters. The first-order chi connectivity index (χ1) is 14.3. The molecule has 2 aromatic carbocycles. The molecule has 2 aromatic rings. The molecule has 0 fully saturated rings. The molecule has 158 valence electrons. The van der Waals surface area contributed by atoms with Gasteiger partial charge in [-0.05, 0) is 36.8 Å². The Morgan fingerprint density at radius 2 is 1.80 bits per heavy atom. The van der Waals surface area contributed by atoms with Crippen LogP contribution in [0.15, 0.2) is 64.1 Å². The molecule has 6 nitrogen and oxygen atoms in total. The number of nitrogens with zero attached hydrogens (tertiary/aromatic N) is 1. The second-order valence-electron chi connectivity index (χ2n) is 6.63. The monoisotopic (exact) mass is 434 g/mol. The number of halogens is 2. The van der Waals surface area contributed by atoms with Gasteiger partial charge in [0.05, 0.1) is 18.4 Å². The van der Waals surface area contributed by atoms with Crippen molar-refractivity contribution >= 4 is 21.6 Å². The number of amides is 1. The molecule has 1 amide bonds. The van der Waals surface area contributed by atoms with Crippen LogP contribution in [0.2, 0.25) is 0 Å². The van der Waals surface area contributed by atoms with Crippen molar-refractivity contribution in [2.45, 2.75) is 24.7 Å². The molecule has 1 aliphatic rings. The van der Waals surface area contributed by atoms with E-state index >= 15 is 0 Å². The van der Waals surface area contributed by atoms with E-state index in [9.17, 15) is 22.0 Å². The van der Waals surface area contributed by atoms with Crippen LogP contribution in [0, 0.1) is 17.6 Å². The zero-order chi connectivity index (χ0) is 21.9. The molecule has 1 heterocycles. The molecular weight excluding hydrogens is 414 g/mol. The zero-order valence-electron chi connectivity index (χ0n) is 16.4. The smallest absolute Gasteiger partial charge is 0.283 e. The van der Waals surface area contributed by atoms with E-state index < -0.39 is 33.5 Å². The van der Waals surface area contributed by atoms with Crippen LogP contribution in [0.3, 0.4) is 0 Å². The Kier molecular flexibility index (Phi) is 6.31. The number of carbonyl (C=O) groups excluding carboxylic acids is 1. The maximum Gasteiger partial charge on any atom is 0.283 e. The first kappa shape index (κ1) is 21.6. The van der Waals surface area contributed by atoms with E-state index in [0.29, 0.717) is 12.8 Å². The van der Waals surface area contributed by atoms with Gasteiger partial charge in [-0.25, -0.2) is 26.9 Å². The predicted octanol–water partition coefficient (Wildman–Crippen LogP) is 3.58. The lowest BCUT2D eigenvalue weighted by atomic mass is 9.93. The summed E-state index contributed by atoms with van der Waals surface area (Å²) in [5.41, 5.74) is -0.473. The number of rotatable bonds is 7. The average Bonchev–Trinajstić information content (AvgIpc) is 3.11. The zero-order valence-corrected chi connectivity index (χ0v) is 17.2. The number of methoxy groups -OCH3 is 1. The first-order valence-electron chi connectivity index (χ1n) is 9.23. The molecule has 0 spiro atoms. The fourth-order valence-corrected chi connectivity index (χ4v) is 4.36. The fourth-order valence-electron chi connectivity index (χ4n) is 3.23. The van der Waals surface area contributed by atoms with Crippen molar-refractivity contribution in [2.75, 3.05) is 7.11 Å². The largest absolute Gasteiger partial charge is 0.495 e. The van der Waals surface area contributed by atoms with Gasteiger partial charge >= 0.3 is 0 Å². The second-order valence-corrected chi connectivity index (χ2v) is 8.28. The number of nitrogens with one attached hydrogen (secondary N) is 1. The Hall–Kier alpha value is -3.07. The summed E-state index contributed by atoms with van der Waals surface area (Å²) in [6.45, 7) is 1.88. The van der Waals surface area contributed by atoms with Crippen LogP contribution < -0.4 is 9.46 Å². The molecule has 1 unspecified atom stereocenters. The summed E-state index contributed by atoms with van der Waals surface area (Å²) in [6, 6.07) is 9.27. The van der Waals surface area contributed by atoms with E-state index in [2.05, 4.69) is 4.99 Å². The van der Waals surface area contributed by atoms with E-state index in [1.165, 1.54) is 37.5 Å². The molecule has 0 saturated heterocycles. The minimum atomic E-state index is -4.25. The van der Waals surface area contributed by atoms with Gasteiger partial charge in [-0.2, -0.15) is 0 Å². The van der Waals surface area contributed by atoms with E-state index in [0.717, 1.165) is 12.1 Å². The molecule has 0 aromatic heterocycles. The number of sulfonamides is 1. The molecule has 9 heteroatoms. The van der Waals surface area contributed by atoms with Gasteiger partial charge in [0.15, 0.2) is 0 Å². The molecule has 0 saturated carbocycles. The number of hydrogen-bond donors (Lipinski definition) is 1. The molecule has 0 radical (unpaired) electrons. The highest BCUT2D eigenvalue weighted by atomic mass is 32.2. The normalized spacial score (nSPS) is 16.1. The lowest BCUT2D eigenvalue weighted by Gasteiger charge is -2.12. The van der Waals surface area contributed by atoms with Gasteiger partial charge in [-0.1, -0.05) is 31.5 Å². The average molecular weight is 434 g/mol. The molecule has 30 heavy (non-hydrogen) atoms. The highest BCUT2D eigenvalue weighted by Crippen LogP contribution is 2.29. The maximum absolute atomic E-state index is 14.3. The van der Waals surface area contributed by atoms with Crippen LogP contribution in [0.1, 0.15) is 25.3 Å². The van der Waals surface area contributed by atoms with Crippen molar-refractivity contribution in [3.8, 4) is 5.75 Å². The fraction of sp³-hybridized carbons (Fsp3) is 0.238. The molecule has 1 aliphatic heterocycles. The van der Waals surface area contributed by atoms with Gasteiger partial charge in [0, 0.05) is 5.92 Å². The SMILES string of the molecule is CCCC1C=C(C(=O)NS(=O)(=O)c2ccccc2OC)N=C1c1c(F)cccc1F. The van der Waals surface area contributed by atoms with Crippen molar-refractivity contribution in [1.29, 1.82) is 0 Å². The van der Waals surface area contributed by atoms with Crippen molar-refractivity contribution in [3.05, 3.63) is 71.4 Å². The van der Waals surface area contributed by atoms with E-state index in [4.69, 9.17) is 4.74 Å². The molecule has 1 N–H and O–H groups in total. The van der Waals surface area contributed by atoms with E-state index in [1.807, 2.05) is 11.6 Å². The van der Waals surface area contributed by atoms with Gasteiger partial charge < -0.3 is 4.74 Å². The number of benzene rings is 2. The molecular formula is C21H20F2N2O4S. The van der Waals surface area contributed by atoms with Crippen LogP contribution in [-0.2, 0) is 14.8 Å². The Balaban J connectivity index is 1.94. The van der Waals surface area contributed by atoms with Crippen molar-refractivity contribution in [3.63, 3.8) is 0 Å². The third kappa shape index (κ3) is 4.25. The number of ether oxygens (including phenoxy) is 1. The molecule has 0 bridgehead atoms. The third-order valence-electron chi connectivity index (χ3n) is 4.59. The standard InChI is InChI=1S/C21H20F2N2O4S/c1-3-7-13-12-16(24-20(13)19-14(22)8-6-9-15(19)23)21(26)25-30(27,28)18-11-5-4-10-17(18)29-2/h4-6,8-13H,3,7H2,1-2H3,(H,25,26). The Morgan fingerprint density at radius 3 is 2.43 bits per heavy atom. The van der Waals surface area contributed by atoms with Crippen molar-refractivity contribution in [2.24, 2.45) is 10.9 Å². The second kappa shape index (κ2) is 8.74. The number of allylic oxidation sites excluding steroid dienone is 1. The van der Waals surface area contributed by atoms with Gasteiger partial charge in [0.2, 0.25) is 0 Å². The van der Waals surface area contributed by atoms with Gasteiger partial charge in [0.25, 0.3) is 15.9 Å².